The van der Waals surface area contributed by atoms with E-state index >= 15 is 0 Å². The zero-order valence-electron chi connectivity index (χ0n) is 14.5. The van der Waals surface area contributed by atoms with Gasteiger partial charge in [-0.25, -0.2) is 14.6 Å². The maximum atomic E-state index is 5.96. The number of anilines is 1. The van der Waals surface area contributed by atoms with Gasteiger partial charge in [0.2, 0.25) is 0 Å². The Morgan fingerprint density at radius 1 is 1.20 bits per heavy atom. The topological polar surface area (TPSA) is 56.1 Å². The Morgan fingerprint density at radius 3 is 2.92 bits per heavy atom. The van der Waals surface area contributed by atoms with Crippen LogP contribution < -0.4 is 4.90 Å². The zero-order chi connectivity index (χ0) is 17.1. The number of hydrogen-bond acceptors (Lipinski definition) is 5. The van der Waals surface area contributed by atoms with Gasteiger partial charge in [-0.05, 0) is 31.4 Å². The fourth-order valence-electron chi connectivity index (χ4n) is 3.39. The second-order valence-corrected chi connectivity index (χ2v) is 6.41. The fraction of sp³-hybridized carbons (Fsp3) is 0.421. The standard InChI is InChI=1S/C19H23N5O/c1-2-11-25-16-9-6-10-23(13-16)18-17-12-22-24(19(17)21-14-20-18)15-7-4-3-5-8-15/h3-5,7-8,12,14,16H,2,6,9-11,13H2,1H3. The van der Waals surface area contributed by atoms with E-state index in [9.17, 15) is 0 Å². The van der Waals surface area contributed by atoms with Crippen LogP contribution in [0.5, 0.6) is 0 Å². The summed E-state index contributed by atoms with van der Waals surface area (Å²) in [6, 6.07) is 10.1. The molecule has 6 nitrogen and oxygen atoms in total. The van der Waals surface area contributed by atoms with Crippen LogP contribution in [0.3, 0.4) is 0 Å². The summed E-state index contributed by atoms with van der Waals surface area (Å²) in [6.45, 7) is 4.84. The molecule has 6 heteroatoms. The molecule has 0 spiro atoms. The molecule has 0 N–H and O–H groups in total. The van der Waals surface area contributed by atoms with Crippen LogP contribution >= 0.6 is 0 Å². The molecule has 25 heavy (non-hydrogen) atoms. The number of nitrogens with zero attached hydrogens (tertiary/aromatic N) is 5. The summed E-state index contributed by atoms with van der Waals surface area (Å²) in [7, 11) is 0. The Bertz CT molecular complexity index is 832. The molecule has 0 aliphatic carbocycles. The van der Waals surface area contributed by atoms with Crippen LogP contribution in [0.4, 0.5) is 5.82 Å². The van der Waals surface area contributed by atoms with Gasteiger partial charge in [0.15, 0.2) is 5.65 Å². The highest BCUT2D eigenvalue weighted by atomic mass is 16.5. The zero-order valence-corrected chi connectivity index (χ0v) is 14.5. The van der Waals surface area contributed by atoms with Gasteiger partial charge >= 0.3 is 0 Å². The number of piperidine rings is 1. The summed E-state index contributed by atoms with van der Waals surface area (Å²) < 4.78 is 7.84. The number of ether oxygens (including phenoxy) is 1. The van der Waals surface area contributed by atoms with Gasteiger partial charge in [0.05, 0.1) is 23.4 Å². The van der Waals surface area contributed by atoms with E-state index in [1.807, 2.05) is 41.2 Å². The summed E-state index contributed by atoms with van der Waals surface area (Å²) in [4.78, 5) is 11.3. The van der Waals surface area contributed by atoms with E-state index in [0.717, 1.165) is 61.5 Å². The quantitative estimate of drug-likeness (QED) is 0.715. The summed E-state index contributed by atoms with van der Waals surface area (Å²) in [5.74, 6) is 0.956. The monoisotopic (exact) mass is 337 g/mol. The lowest BCUT2D eigenvalue weighted by molar-refractivity contribution is 0.0439. The number of fused-ring (bicyclic) bond motifs is 1. The van der Waals surface area contributed by atoms with Crippen LogP contribution in [0.1, 0.15) is 26.2 Å². The van der Waals surface area contributed by atoms with E-state index in [0.29, 0.717) is 0 Å². The number of aromatic nitrogens is 4. The number of hydrogen-bond donors (Lipinski definition) is 0. The molecule has 1 atom stereocenters. The van der Waals surface area contributed by atoms with Crippen molar-refractivity contribution in [2.24, 2.45) is 0 Å². The second-order valence-electron chi connectivity index (χ2n) is 6.41. The molecule has 3 aromatic rings. The van der Waals surface area contributed by atoms with Crippen LogP contribution in [0.25, 0.3) is 16.7 Å². The first-order chi connectivity index (χ1) is 12.4. The fourth-order valence-corrected chi connectivity index (χ4v) is 3.39. The Hall–Kier alpha value is -2.47. The van der Waals surface area contributed by atoms with Crippen molar-refractivity contribution in [1.82, 2.24) is 19.7 Å². The lowest BCUT2D eigenvalue weighted by atomic mass is 10.1. The SMILES string of the molecule is CCCOC1CCCN(c2ncnc3c2cnn3-c2ccccc2)C1. The smallest absolute Gasteiger partial charge is 0.168 e. The lowest BCUT2D eigenvalue weighted by Gasteiger charge is -2.33. The number of para-hydroxylation sites is 1. The van der Waals surface area contributed by atoms with Crippen molar-refractivity contribution in [3.8, 4) is 5.69 Å². The Morgan fingerprint density at radius 2 is 2.08 bits per heavy atom. The molecular formula is C19H23N5O. The molecule has 0 amide bonds. The normalized spacial score (nSPS) is 18.0. The minimum Gasteiger partial charge on any atom is -0.376 e. The van der Waals surface area contributed by atoms with Crippen molar-refractivity contribution in [3.63, 3.8) is 0 Å². The Kier molecular flexibility index (Phi) is 4.61. The molecular weight excluding hydrogens is 314 g/mol. The molecule has 1 aromatic carbocycles. The molecule has 1 unspecified atom stereocenters. The average molecular weight is 337 g/mol. The third-order valence-electron chi connectivity index (χ3n) is 4.58. The molecule has 1 saturated heterocycles. The Balaban J connectivity index is 1.65. The first-order valence-corrected chi connectivity index (χ1v) is 8.97. The minimum atomic E-state index is 0.280. The average Bonchev–Trinajstić information content (AvgIpc) is 3.11. The molecule has 1 aliphatic rings. The highest BCUT2D eigenvalue weighted by Crippen LogP contribution is 2.27. The summed E-state index contributed by atoms with van der Waals surface area (Å²) in [5, 5.41) is 5.53. The van der Waals surface area contributed by atoms with Crippen LogP contribution in [0.15, 0.2) is 42.9 Å². The van der Waals surface area contributed by atoms with E-state index in [4.69, 9.17) is 4.74 Å². The van der Waals surface area contributed by atoms with Gasteiger partial charge in [-0.15, -0.1) is 0 Å². The maximum Gasteiger partial charge on any atom is 0.168 e. The first-order valence-electron chi connectivity index (χ1n) is 8.97. The molecule has 0 bridgehead atoms. The molecule has 1 aliphatic heterocycles. The predicted molar refractivity (Wildman–Crippen MR) is 98.1 cm³/mol. The first kappa shape index (κ1) is 16.0. The van der Waals surface area contributed by atoms with Gasteiger partial charge in [-0.3, -0.25) is 0 Å². The third kappa shape index (κ3) is 3.22. The molecule has 0 saturated carbocycles. The predicted octanol–water partition coefficient (Wildman–Crippen LogP) is 3.21. The van der Waals surface area contributed by atoms with Gasteiger partial charge in [0, 0.05) is 19.7 Å². The summed E-state index contributed by atoms with van der Waals surface area (Å²) in [6.07, 6.45) is 7.07. The van der Waals surface area contributed by atoms with Crippen LogP contribution in [0, 0.1) is 0 Å². The van der Waals surface area contributed by atoms with Crippen LogP contribution in [-0.2, 0) is 4.74 Å². The largest absolute Gasteiger partial charge is 0.376 e. The van der Waals surface area contributed by atoms with Crippen molar-refractivity contribution in [2.75, 3.05) is 24.6 Å². The van der Waals surface area contributed by atoms with E-state index < -0.39 is 0 Å². The van der Waals surface area contributed by atoms with Crippen molar-refractivity contribution >= 4 is 16.9 Å². The highest BCUT2D eigenvalue weighted by molar-refractivity contribution is 5.87. The molecule has 4 rings (SSSR count). The van der Waals surface area contributed by atoms with Gasteiger partial charge in [-0.1, -0.05) is 25.1 Å². The molecule has 0 radical (unpaired) electrons. The van der Waals surface area contributed by atoms with Gasteiger partial charge in [-0.2, -0.15) is 5.10 Å². The van der Waals surface area contributed by atoms with E-state index in [-0.39, 0.29) is 6.10 Å². The second kappa shape index (κ2) is 7.19. The van der Waals surface area contributed by atoms with Gasteiger partial charge in [0.1, 0.15) is 12.1 Å². The van der Waals surface area contributed by atoms with E-state index in [2.05, 4.69) is 26.9 Å². The van der Waals surface area contributed by atoms with Gasteiger partial charge in [0.25, 0.3) is 0 Å². The van der Waals surface area contributed by atoms with Crippen LogP contribution in [-0.4, -0.2) is 45.5 Å². The van der Waals surface area contributed by atoms with Crippen molar-refractivity contribution in [2.45, 2.75) is 32.3 Å². The molecule has 130 valence electrons. The minimum absolute atomic E-state index is 0.280. The maximum absolute atomic E-state index is 5.96. The highest BCUT2D eigenvalue weighted by Gasteiger charge is 2.24. The molecule has 1 fully saturated rings. The number of rotatable bonds is 5. The molecule has 2 aromatic heterocycles. The van der Waals surface area contributed by atoms with Gasteiger partial charge < -0.3 is 9.64 Å². The van der Waals surface area contributed by atoms with E-state index in [1.165, 1.54) is 0 Å². The van der Waals surface area contributed by atoms with E-state index in [1.54, 1.807) is 6.33 Å². The Labute approximate surface area is 147 Å². The van der Waals surface area contributed by atoms with Crippen LogP contribution in [0.2, 0.25) is 0 Å². The van der Waals surface area contributed by atoms with Crippen molar-refractivity contribution in [1.29, 1.82) is 0 Å². The third-order valence-corrected chi connectivity index (χ3v) is 4.58. The summed E-state index contributed by atoms with van der Waals surface area (Å²) >= 11 is 0. The van der Waals surface area contributed by atoms with Crippen molar-refractivity contribution < 1.29 is 4.74 Å². The lowest BCUT2D eigenvalue weighted by Crippen LogP contribution is -2.40. The van der Waals surface area contributed by atoms with Crippen molar-refractivity contribution in [3.05, 3.63) is 42.9 Å². The summed E-state index contributed by atoms with van der Waals surface area (Å²) in [5.41, 5.74) is 1.85. The number of benzene rings is 1. The molecule has 3 heterocycles.